The topological polar surface area (TPSA) is 57.6 Å². The molecular weight excluding hydrogens is 190 g/mol. The minimum Gasteiger partial charge on any atom is -0.395 e. The van der Waals surface area contributed by atoms with E-state index in [4.69, 9.17) is 5.11 Å². The quantitative estimate of drug-likeness (QED) is 0.677. The third-order valence-electron chi connectivity index (χ3n) is 2.14. The van der Waals surface area contributed by atoms with Crippen molar-refractivity contribution in [3.8, 4) is 0 Å². The molecule has 0 fully saturated rings. The summed E-state index contributed by atoms with van der Waals surface area (Å²) in [6.07, 6.45) is 1.24. The van der Waals surface area contributed by atoms with Gasteiger partial charge >= 0.3 is 0 Å². The van der Waals surface area contributed by atoms with E-state index in [0.717, 1.165) is 0 Å². The van der Waals surface area contributed by atoms with Crippen LogP contribution in [-0.4, -0.2) is 56.2 Å². The molecule has 0 unspecified atom stereocenters. The summed E-state index contributed by atoms with van der Waals surface area (Å²) < 4.78 is 21.9. The van der Waals surface area contributed by atoms with E-state index in [-0.39, 0.29) is 6.61 Å². The second-order valence-corrected chi connectivity index (χ2v) is 6.64. The van der Waals surface area contributed by atoms with Crippen LogP contribution in [0.4, 0.5) is 0 Å². The summed E-state index contributed by atoms with van der Waals surface area (Å²) in [7, 11) is -1.24. The minimum absolute atomic E-state index is 0.0519. The van der Waals surface area contributed by atoms with Gasteiger partial charge in [-0.3, -0.25) is 0 Å². The minimum atomic E-state index is -3.04. The molecule has 0 aliphatic carbocycles. The Hall–Kier alpha value is -0.130. The fourth-order valence-electron chi connectivity index (χ4n) is 1.02. The lowest BCUT2D eigenvalue weighted by Crippen LogP contribution is -2.43. The third-order valence-corrected chi connectivity index (χ3v) is 4.27. The molecule has 0 amide bonds. The van der Waals surface area contributed by atoms with E-state index in [1.54, 1.807) is 25.8 Å². The highest BCUT2D eigenvalue weighted by atomic mass is 32.2. The molecule has 0 aliphatic heterocycles. The highest BCUT2D eigenvalue weighted by molar-refractivity contribution is 7.92. The van der Waals surface area contributed by atoms with Crippen molar-refractivity contribution in [2.45, 2.75) is 18.6 Å². The molecule has 0 saturated heterocycles. The number of sulfone groups is 1. The van der Waals surface area contributed by atoms with Crippen LogP contribution in [0.1, 0.15) is 13.8 Å². The molecule has 13 heavy (non-hydrogen) atoms. The normalized spacial score (nSPS) is 13.7. The van der Waals surface area contributed by atoms with Crippen LogP contribution < -0.4 is 0 Å². The van der Waals surface area contributed by atoms with Gasteiger partial charge < -0.3 is 10.0 Å². The summed E-state index contributed by atoms with van der Waals surface area (Å²) in [6.45, 7) is 4.37. The van der Waals surface area contributed by atoms with Crippen LogP contribution >= 0.6 is 0 Å². The lowest BCUT2D eigenvalue weighted by molar-refractivity contribution is 0.212. The Morgan fingerprint density at radius 3 is 2.15 bits per heavy atom. The largest absolute Gasteiger partial charge is 0.395 e. The Morgan fingerprint density at radius 2 is 1.85 bits per heavy atom. The Bertz CT molecular complexity index is 246. The van der Waals surface area contributed by atoms with Crippen molar-refractivity contribution in [2.75, 3.05) is 33.0 Å². The molecule has 0 rings (SSSR count). The number of hydrogen-bond donors (Lipinski definition) is 1. The summed E-state index contributed by atoms with van der Waals surface area (Å²) in [4.78, 5) is 1.81. The highest BCUT2D eigenvalue weighted by Crippen LogP contribution is 2.15. The first-order valence-electron chi connectivity index (χ1n) is 4.20. The molecule has 0 heterocycles. The molecule has 0 aliphatic rings. The first kappa shape index (κ1) is 12.9. The van der Waals surface area contributed by atoms with E-state index < -0.39 is 14.6 Å². The number of rotatable bonds is 5. The maximum Gasteiger partial charge on any atom is 0.153 e. The molecule has 1 N–H and O–H groups in total. The first-order valence-corrected chi connectivity index (χ1v) is 6.09. The van der Waals surface area contributed by atoms with Crippen molar-refractivity contribution in [1.82, 2.24) is 4.90 Å². The van der Waals surface area contributed by atoms with Gasteiger partial charge in [0.05, 0.1) is 11.4 Å². The van der Waals surface area contributed by atoms with Gasteiger partial charge in [0.25, 0.3) is 0 Å². The van der Waals surface area contributed by atoms with Crippen molar-refractivity contribution in [3.63, 3.8) is 0 Å². The fraction of sp³-hybridized carbons (Fsp3) is 1.00. The van der Waals surface area contributed by atoms with Crippen LogP contribution in [0.15, 0.2) is 0 Å². The summed E-state index contributed by atoms with van der Waals surface area (Å²) in [5.74, 6) is 0. The lowest BCUT2D eigenvalue weighted by atomic mass is 10.2. The van der Waals surface area contributed by atoms with Crippen molar-refractivity contribution >= 4 is 9.84 Å². The molecule has 5 heteroatoms. The van der Waals surface area contributed by atoms with E-state index in [2.05, 4.69) is 0 Å². The highest BCUT2D eigenvalue weighted by Gasteiger charge is 2.31. The smallest absolute Gasteiger partial charge is 0.153 e. The first-order chi connectivity index (χ1) is 5.70. The van der Waals surface area contributed by atoms with E-state index >= 15 is 0 Å². The predicted molar refractivity (Wildman–Crippen MR) is 53.5 cm³/mol. The monoisotopic (exact) mass is 209 g/mol. The molecule has 0 radical (unpaired) electrons. The molecule has 0 bridgehead atoms. The van der Waals surface area contributed by atoms with E-state index in [9.17, 15) is 8.42 Å². The molecule has 0 spiro atoms. The average Bonchev–Trinajstić information content (AvgIpc) is 1.83. The van der Waals surface area contributed by atoms with Gasteiger partial charge in [-0.25, -0.2) is 8.42 Å². The van der Waals surface area contributed by atoms with E-state index in [1.807, 2.05) is 0 Å². The van der Waals surface area contributed by atoms with Crippen molar-refractivity contribution in [1.29, 1.82) is 0 Å². The van der Waals surface area contributed by atoms with Gasteiger partial charge in [-0.2, -0.15) is 0 Å². The van der Waals surface area contributed by atoms with Crippen LogP contribution in [0.3, 0.4) is 0 Å². The molecule has 0 atom stereocenters. The molecule has 0 aromatic carbocycles. The van der Waals surface area contributed by atoms with Crippen molar-refractivity contribution in [3.05, 3.63) is 0 Å². The Balaban J connectivity index is 4.34. The molecule has 0 aromatic rings. The number of aliphatic hydroxyl groups excluding tert-OH is 1. The SMILES string of the molecule is CN(CCO)CC(C)(C)S(C)(=O)=O. The van der Waals surface area contributed by atoms with Gasteiger partial charge in [-0.1, -0.05) is 0 Å². The zero-order valence-corrected chi connectivity index (χ0v) is 9.56. The van der Waals surface area contributed by atoms with Gasteiger partial charge in [-0.15, -0.1) is 0 Å². The van der Waals surface area contributed by atoms with Crippen molar-refractivity contribution in [2.24, 2.45) is 0 Å². The summed E-state index contributed by atoms with van der Waals surface area (Å²) >= 11 is 0. The van der Waals surface area contributed by atoms with Gasteiger partial charge in [0, 0.05) is 19.3 Å². The molecule has 0 saturated carbocycles. The lowest BCUT2D eigenvalue weighted by Gasteiger charge is -2.28. The number of aliphatic hydroxyl groups is 1. The Labute approximate surface area is 80.5 Å². The zero-order chi connectivity index (χ0) is 10.7. The van der Waals surface area contributed by atoms with Crippen LogP contribution in [0.5, 0.6) is 0 Å². The molecule has 4 nitrogen and oxygen atoms in total. The maximum atomic E-state index is 11.3. The summed E-state index contributed by atoms with van der Waals surface area (Å²) in [5.41, 5.74) is 0. The number of likely N-dealkylation sites (N-methyl/N-ethyl adjacent to an activating group) is 1. The predicted octanol–water partition coefficient (Wildman–Crippen LogP) is -0.266. The van der Waals surface area contributed by atoms with Gasteiger partial charge in [0.15, 0.2) is 9.84 Å². The van der Waals surface area contributed by atoms with E-state index in [1.165, 1.54) is 6.26 Å². The Morgan fingerprint density at radius 1 is 1.38 bits per heavy atom. The van der Waals surface area contributed by atoms with Crippen LogP contribution in [0.2, 0.25) is 0 Å². The molecule has 0 aromatic heterocycles. The van der Waals surface area contributed by atoms with E-state index in [0.29, 0.717) is 13.1 Å². The molecular formula is C8H19NO3S. The van der Waals surface area contributed by atoms with Crippen LogP contribution in [0.25, 0.3) is 0 Å². The maximum absolute atomic E-state index is 11.3. The van der Waals surface area contributed by atoms with Crippen LogP contribution in [0, 0.1) is 0 Å². The zero-order valence-electron chi connectivity index (χ0n) is 8.74. The fourth-order valence-corrected chi connectivity index (χ4v) is 1.47. The molecule has 80 valence electrons. The van der Waals surface area contributed by atoms with Gasteiger partial charge in [0.1, 0.15) is 0 Å². The van der Waals surface area contributed by atoms with Crippen molar-refractivity contribution < 1.29 is 13.5 Å². The summed E-state index contributed by atoms with van der Waals surface area (Å²) in [5, 5.41) is 8.65. The second-order valence-electron chi connectivity index (χ2n) is 3.99. The number of nitrogens with zero attached hydrogens (tertiary/aromatic N) is 1. The van der Waals surface area contributed by atoms with Crippen LogP contribution in [-0.2, 0) is 9.84 Å². The Kier molecular flexibility index (Phi) is 4.35. The average molecular weight is 209 g/mol. The van der Waals surface area contributed by atoms with Gasteiger partial charge in [0.2, 0.25) is 0 Å². The summed E-state index contributed by atoms with van der Waals surface area (Å²) in [6, 6.07) is 0. The third kappa shape index (κ3) is 4.06. The second kappa shape index (κ2) is 4.39. The standard InChI is InChI=1S/C8H19NO3S/c1-8(2,13(4,11)12)7-9(3)5-6-10/h10H,5-7H2,1-4H3. The van der Waals surface area contributed by atoms with Gasteiger partial charge in [-0.05, 0) is 20.9 Å². The number of hydrogen-bond acceptors (Lipinski definition) is 4.